The predicted octanol–water partition coefficient (Wildman–Crippen LogP) is 3.49. The number of para-hydroxylation sites is 1. The Labute approximate surface area is 125 Å². The molecule has 4 heteroatoms. The molecule has 1 unspecified atom stereocenters. The molecule has 20 heavy (non-hydrogen) atoms. The minimum absolute atomic E-state index is 0.403. The number of anilines is 1. The third-order valence-corrected chi connectivity index (χ3v) is 3.98. The Morgan fingerprint density at radius 1 is 1.35 bits per heavy atom. The molecule has 0 aliphatic heterocycles. The van der Waals surface area contributed by atoms with Crippen LogP contribution in [-0.2, 0) is 0 Å². The number of pyridine rings is 1. The summed E-state index contributed by atoms with van der Waals surface area (Å²) in [7, 11) is 0. The van der Waals surface area contributed by atoms with Gasteiger partial charge in [0.25, 0.3) is 0 Å². The smallest absolute Gasteiger partial charge is 0.107 e. The Kier molecular flexibility index (Phi) is 4.55. The van der Waals surface area contributed by atoms with Crippen molar-refractivity contribution in [3.05, 3.63) is 36.0 Å². The zero-order chi connectivity index (χ0) is 14.7. The first-order valence-corrected chi connectivity index (χ1v) is 7.45. The molecular weight excluding hydrogens is 266 g/mol. The molecule has 0 bridgehead atoms. The van der Waals surface area contributed by atoms with Gasteiger partial charge < -0.3 is 10.6 Å². The van der Waals surface area contributed by atoms with Gasteiger partial charge in [0.05, 0.1) is 16.8 Å². The first kappa shape index (κ1) is 14.7. The van der Waals surface area contributed by atoms with Crippen LogP contribution in [0, 0.1) is 0 Å². The normalized spacial score (nSPS) is 12.3. The molecule has 0 fully saturated rings. The van der Waals surface area contributed by atoms with Crippen LogP contribution >= 0.6 is 12.2 Å². The summed E-state index contributed by atoms with van der Waals surface area (Å²) in [6.07, 6.45) is 2.87. The van der Waals surface area contributed by atoms with Crippen molar-refractivity contribution in [2.24, 2.45) is 5.73 Å². The molecule has 0 radical (unpaired) electrons. The highest BCUT2D eigenvalue weighted by Crippen LogP contribution is 2.31. The number of nitrogens with two attached hydrogens (primary N) is 1. The monoisotopic (exact) mass is 287 g/mol. The van der Waals surface area contributed by atoms with Crippen LogP contribution in [0.15, 0.2) is 30.5 Å². The van der Waals surface area contributed by atoms with Crippen LogP contribution in [0.25, 0.3) is 10.9 Å². The van der Waals surface area contributed by atoms with Gasteiger partial charge in [0.1, 0.15) is 4.99 Å². The number of fused-ring (bicyclic) bond motifs is 1. The van der Waals surface area contributed by atoms with Gasteiger partial charge in [-0.25, -0.2) is 0 Å². The van der Waals surface area contributed by atoms with Gasteiger partial charge in [-0.3, -0.25) is 4.98 Å². The largest absolute Gasteiger partial charge is 0.389 e. The van der Waals surface area contributed by atoms with Crippen molar-refractivity contribution in [1.82, 2.24) is 4.98 Å². The summed E-state index contributed by atoms with van der Waals surface area (Å²) in [5.74, 6) is 0. The summed E-state index contributed by atoms with van der Waals surface area (Å²) in [6, 6.07) is 8.57. The minimum atomic E-state index is 0.403. The lowest BCUT2D eigenvalue weighted by molar-refractivity contribution is 0.631. The Hall–Kier alpha value is -1.68. The quantitative estimate of drug-likeness (QED) is 0.855. The van der Waals surface area contributed by atoms with E-state index >= 15 is 0 Å². The number of aromatic nitrogens is 1. The van der Waals surface area contributed by atoms with Crippen LogP contribution in [-0.4, -0.2) is 22.6 Å². The topological polar surface area (TPSA) is 42.1 Å². The molecule has 1 atom stereocenters. The molecule has 0 saturated heterocycles. The molecule has 0 amide bonds. The number of hydrogen-bond donors (Lipinski definition) is 1. The summed E-state index contributed by atoms with van der Waals surface area (Å²) in [6.45, 7) is 7.49. The van der Waals surface area contributed by atoms with Gasteiger partial charge in [-0.1, -0.05) is 37.3 Å². The van der Waals surface area contributed by atoms with E-state index in [9.17, 15) is 0 Å². The number of benzene rings is 1. The lowest BCUT2D eigenvalue weighted by Gasteiger charge is -2.32. The molecule has 2 N–H and O–H groups in total. The van der Waals surface area contributed by atoms with Crippen LogP contribution < -0.4 is 10.6 Å². The van der Waals surface area contributed by atoms with Crippen molar-refractivity contribution in [1.29, 1.82) is 0 Å². The fourth-order valence-corrected chi connectivity index (χ4v) is 2.68. The van der Waals surface area contributed by atoms with Crippen molar-refractivity contribution in [3.63, 3.8) is 0 Å². The Bertz CT molecular complexity index is 624. The van der Waals surface area contributed by atoms with Crippen molar-refractivity contribution >= 4 is 33.8 Å². The zero-order valence-corrected chi connectivity index (χ0v) is 13.1. The first-order valence-electron chi connectivity index (χ1n) is 7.04. The molecular formula is C16H21N3S. The highest BCUT2D eigenvalue weighted by atomic mass is 32.1. The zero-order valence-electron chi connectivity index (χ0n) is 12.3. The van der Waals surface area contributed by atoms with Crippen molar-refractivity contribution in [3.8, 4) is 0 Å². The minimum Gasteiger partial charge on any atom is -0.389 e. The summed E-state index contributed by atoms with van der Waals surface area (Å²) in [4.78, 5) is 7.23. The Morgan fingerprint density at radius 2 is 2.05 bits per heavy atom. The van der Waals surface area contributed by atoms with Gasteiger partial charge in [0.15, 0.2) is 0 Å². The van der Waals surface area contributed by atoms with Gasteiger partial charge in [-0.15, -0.1) is 0 Å². The average molecular weight is 287 g/mol. The number of thiocarbonyl (C=S) groups is 1. The molecule has 0 aliphatic carbocycles. The van der Waals surface area contributed by atoms with E-state index in [4.69, 9.17) is 18.0 Å². The molecule has 1 aromatic carbocycles. The Morgan fingerprint density at radius 3 is 2.65 bits per heavy atom. The summed E-state index contributed by atoms with van der Waals surface area (Å²) in [5.41, 5.74) is 8.85. The van der Waals surface area contributed by atoms with Crippen LogP contribution in [0.3, 0.4) is 0 Å². The predicted molar refractivity (Wildman–Crippen MR) is 90.4 cm³/mol. The Balaban J connectivity index is 2.74. The fraction of sp³-hybridized carbons (Fsp3) is 0.375. The van der Waals surface area contributed by atoms with Gasteiger partial charge in [0.2, 0.25) is 0 Å². The van der Waals surface area contributed by atoms with Gasteiger partial charge in [-0.05, 0) is 26.3 Å². The second kappa shape index (κ2) is 6.18. The highest BCUT2D eigenvalue weighted by molar-refractivity contribution is 7.80. The molecule has 2 aromatic rings. The number of rotatable bonds is 5. The van der Waals surface area contributed by atoms with E-state index in [2.05, 4.69) is 36.7 Å². The summed E-state index contributed by atoms with van der Waals surface area (Å²) >= 11 is 5.21. The van der Waals surface area contributed by atoms with Crippen LogP contribution in [0.1, 0.15) is 32.8 Å². The SMILES string of the molecule is CCC(C)N(CC)c1c(C(N)=S)cnc2ccccc12. The van der Waals surface area contributed by atoms with Crippen LogP contribution in [0.4, 0.5) is 5.69 Å². The molecule has 0 saturated carbocycles. The van der Waals surface area contributed by atoms with E-state index in [0.717, 1.165) is 35.1 Å². The van der Waals surface area contributed by atoms with Crippen molar-refractivity contribution < 1.29 is 0 Å². The molecule has 2 rings (SSSR count). The fourth-order valence-electron chi connectivity index (χ4n) is 2.53. The summed E-state index contributed by atoms with van der Waals surface area (Å²) < 4.78 is 0. The van der Waals surface area contributed by atoms with Gasteiger partial charge >= 0.3 is 0 Å². The van der Waals surface area contributed by atoms with Crippen molar-refractivity contribution in [2.45, 2.75) is 33.2 Å². The molecule has 1 aromatic heterocycles. The standard InChI is InChI=1S/C16H21N3S/c1-4-11(3)19(5-2)15-12-8-6-7-9-14(12)18-10-13(15)16(17)20/h6-11H,4-5H2,1-3H3,(H2,17,20). The number of hydrogen-bond acceptors (Lipinski definition) is 3. The van der Waals surface area contributed by atoms with Crippen molar-refractivity contribution in [2.75, 3.05) is 11.4 Å². The second-order valence-electron chi connectivity index (χ2n) is 4.95. The van der Waals surface area contributed by atoms with E-state index in [-0.39, 0.29) is 0 Å². The van der Waals surface area contributed by atoms with Crippen LogP contribution in [0.2, 0.25) is 0 Å². The van der Waals surface area contributed by atoms with E-state index in [1.165, 1.54) is 0 Å². The molecule has 106 valence electrons. The maximum absolute atomic E-state index is 5.90. The summed E-state index contributed by atoms with van der Waals surface area (Å²) in [5, 5.41) is 1.11. The van der Waals surface area contributed by atoms with Gasteiger partial charge in [-0.2, -0.15) is 0 Å². The first-order chi connectivity index (χ1) is 9.60. The number of nitrogens with zero attached hydrogens (tertiary/aromatic N) is 2. The lowest BCUT2D eigenvalue weighted by atomic mass is 10.1. The second-order valence-corrected chi connectivity index (χ2v) is 5.38. The van der Waals surface area contributed by atoms with Gasteiger partial charge in [0, 0.05) is 24.2 Å². The van der Waals surface area contributed by atoms with E-state index < -0.39 is 0 Å². The highest BCUT2D eigenvalue weighted by Gasteiger charge is 2.19. The lowest BCUT2D eigenvalue weighted by Crippen LogP contribution is -2.34. The maximum atomic E-state index is 5.90. The molecule has 0 aliphatic rings. The molecule has 0 spiro atoms. The maximum Gasteiger partial charge on any atom is 0.107 e. The van der Waals surface area contributed by atoms with E-state index in [0.29, 0.717) is 11.0 Å². The van der Waals surface area contributed by atoms with Crippen LogP contribution in [0.5, 0.6) is 0 Å². The van der Waals surface area contributed by atoms with E-state index in [1.807, 2.05) is 18.2 Å². The third-order valence-electron chi connectivity index (χ3n) is 3.76. The molecule has 1 heterocycles. The molecule has 3 nitrogen and oxygen atoms in total. The third kappa shape index (κ3) is 2.61. The average Bonchev–Trinajstić information content (AvgIpc) is 2.47. The van der Waals surface area contributed by atoms with E-state index in [1.54, 1.807) is 6.20 Å².